The van der Waals surface area contributed by atoms with E-state index in [9.17, 15) is 9.18 Å². The maximum absolute atomic E-state index is 12.9. The predicted octanol–water partition coefficient (Wildman–Crippen LogP) is 3.35. The molecule has 0 aliphatic rings. The molecular formula is C14H21Cl2FN2O. The molecule has 0 aromatic heterocycles. The van der Waals surface area contributed by atoms with Crippen molar-refractivity contribution in [3.8, 4) is 0 Å². The lowest BCUT2D eigenvalue weighted by atomic mass is 10.0. The van der Waals surface area contributed by atoms with Crippen LogP contribution in [0.15, 0.2) is 18.2 Å². The molecule has 0 aliphatic carbocycles. The Kier molecular flexibility index (Phi) is 8.09. The first-order chi connectivity index (χ1) is 8.82. The van der Waals surface area contributed by atoms with Crippen molar-refractivity contribution in [2.45, 2.75) is 26.3 Å². The van der Waals surface area contributed by atoms with Crippen LogP contribution in [0.2, 0.25) is 5.02 Å². The van der Waals surface area contributed by atoms with E-state index in [2.05, 4.69) is 0 Å². The second kappa shape index (κ2) is 8.45. The van der Waals surface area contributed by atoms with E-state index in [1.807, 2.05) is 13.8 Å². The number of hydrogen-bond acceptors (Lipinski definition) is 2. The van der Waals surface area contributed by atoms with Gasteiger partial charge in [-0.1, -0.05) is 25.4 Å². The first-order valence-electron chi connectivity index (χ1n) is 6.29. The lowest BCUT2D eigenvalue weighted by molar-refractivity contribution is 0.0789. The molecule has 0 fully saturated rings. The highest BCUT2D eigenvalue weighted by atomic mass is 35.5. The summed E-state index contributed by atoms with van der Waals surface area (Å²) < 4.78 is 12.9. The summed E-state index contributed by atoms with van der Waals surface area (Å²) in [4.78, 5) is 13.7. The third kappa shape index (κ3) is 5.27. The van der Waals surface area contributed by atoms with E-state index < -0.39 is 5.82 Å². The Bertz CT molecular complexity index is 455. The molecule has 0 spiro atoms. The van der Waals surface area contributed by atoms with E-state index in [4.69, 9.17) is 17.3 Å². The molecule has 1 unspecified atom stereocenters. The monoisotopic (exact) mass is 322 g/mol. The summed E-state index contributed by atoms with van der Waals surface area (Å²) in [6, 6.07) is 3.83. The molecule has 0 aliphatic heterocycles. The summed E-state index contributed by atoms with van der Waals surface area (Å²) >= 11 is 5.87. The molecule has 114 valence electrons. The van der Waals surface area contributed by atoms with Crippen LogP contribution in [0.1, 0.15) is 30.6 Å². The SMILES string of the molecule is CC(C)C(N)CCN(C)C(=O)c1ccc(F)cc1Cl.Cl. The number of nitrogens with two attached hydrogens (primary N) is 1. The van der Waals surface area contributed by atoms with Gasteiger partial charge in [0.1, 0.15) is 5.82 Å². The molecule has 0 radical (unpaired) electrons. The maximum atomic E-state index is 12.9. The van der Waals surface area contributed by atoms with Crippen molar-refractivity contribution in [2.75, 3.05) is 13.6 Å². The fraction of sp³-hybridized carbons (Fsp3) is 0.500. The van der Waals surface area contributed by atoms with Gasteiger partial charge < -0.3 is 10.6 Å². The summed E-state index contributed by atoms with van der Waals surface area (Å²) in [5, 5.41) is 0.130. The van der Waals surface area contributed by atoms with Crippen molar-refractivity contribution in [3.63, 3.8) is 0 Å². The summed E-state index contributed by atoms with van der Waals surface area (Å²) in [7, 11) is 1.69. The normalized spacial score (nSPS) is 11.9. The minimum atomic E-state index is -0.453. The van der Waals surface area contributed by atoms with Crippen LogP contribution in [0.3, 0.4) is 0 Å². The summed E-state index contributed by atoms with van der Waals surface area (Å²) in [6.07, 6.45) is 0.721. The first-order valence-corrected chi connectivity index (χ1v) is 6.66. The number of nitrogens with zero attached hydrogens (tertiary/aromatic N) is 1. The first kappa shape index (κ1) is 19.2. The van der Waals surface area contributed by atoms with Gasteiger partial charge in [0.25, 0.3) is 5.91 Å². The standard InChI is InChI=1S/C14H20ClFN2O.ClH/c1-9(2)13(17)6-7-18(3)14(19)11-5-4-10(16)8-12(11)15;/h4-5,8-9,13H,6-7,17H2,1-3H3;1H. The van der Waals surface area contributed by atoms with Crippen molar-refractivity contribution in [3.05, 3.63) is 34.6 Å². The van der Waals surface area contributed by atoms with E-state index in [0.29, 0.717) is 18.0 Å². The van der Waals surface area contributed by atoms with Crippen LogP contribution in [0.25, 0.3) is 0 Å². The number of carbonyl (C=O) groups is 1. The molecular weight excluding hydrogens is 302 g/mol. The third-order valence-corrected chi connectivity index (χ3v) is 3.48. The number of benzene rings is 1. The largest absolute Gasteiger partial charge is 0.342 e. The Morgan fingerprint density at radius 3 is 2.55 bits per heavy atom. The Balaban J connectivity index is 0.00000361. The van der Waals surface area contributed by atoms with Gasteiger partial charge in [-0.15, -0.1) is 12.4 Å². The van der Waals surface area contributed by atoms with Gasteiger partial charge in [0.15, 0.2) is 0 Å². The van der Waals surface area contributed by atoms with Gasteiger partial charge in [-0.05, 0) is 30.5 Å². The summed E-state index contributed by atoms with van der Waals surface area (Å²) in [6.45, 7) is 4.64. The Hall–Kier alpha value is -0.840. The molecule has 1 rings (SSSR count). The minimum Gasteiger partial charge on any atom is -0.342 e. The summed E-state index contributed by atoms with van der Waals surface area (Å²) in [5.74, 6) is -0.301. The van der Waals surface area contributed by atoms with Crippen LogP contribution in [-0.2, 0) is 0 Å². The summed E-state index contributed by atoms with van der Waals surface area (Å²) in [5.41, 5.74) is 6.25. The molecule has 20 heavy (non-hydrogen) atoms. The quantitative estimate of drug-likeness (QED) is 0.903. The lowest BCUT2D eigenvalue weighted by Gasteiger charge is -2.22. The number of carbonyl (C=O) groups excluding carboxylic acids is 1. The number of hydrogen-bond donors (Lipinski definition) is 1. The van der Waals surface area contributed by atoms with Crippen LogP contribution < -0.4 is 5.73 Å². The van der Waals surface area contributed by atoms with Crippen molar-refractivity contribution in [2.24, 2.45) is 11.7 Å². The van der Waals surface area contributed by atoms with Gasteiger partial charge >= 0.3 is 0 Å². The molecule has 6 heteroatoms. The fourth-order valence-electron chi connectivity index (χ4n) is 1.65. The second-order valence-electron chi connectivity index (χ2n) is 5.05. The van der Waals surface area contributed by atoms with E-state index in [1.165, 1.54) is 12.1 Å². The maximum Gasteiger partial charge on any atom is 0.255 e. The van der Waals surface area contributed by atoms with E-state index >= 15 is 0 Å². The van der Waals surface area contributed by atoms with Gasteiger partial charge in [0.05, 0.1) is 10.6 Å². The highest BCUT2D eigenvalue weighted by Gasteiger charge is 2.17. The zero-order valence-corrected chi connectivity index (χ0v) is 13.5. The third-order valence-electron chi connectivity index (χ3n) is 3.16. The molecule has 3 nitrogen and oxygen atoms in total. The van der Waals surface area contributed by atoms with E-state index in [-0.39, 0.29) is 29.4 Å². The van der Waals surface area contributed by atoms with Gasteiger partial charge in [-0.3, -0.25) is 4.79 Å². The number of halogens is 3. The van der Waals surface area contributed by atoms with Gasteiger partial charge in [0, 0.05) is 19.6 Å². The Labute approximate surface area is 130 Å². The van der Waals surface area contributed by atoms with Crippen molar-refractivity contribution in [1.29, 1.82) is 0 Å². The van der Waals surface area contributed by atoms with Crippen molar-refractivity contribution < 1.29 is 9.18 Å². The van der Waals surface area contributed by atoms with E-state index in [0.717, 1.165) is 12.5 Å². The molecule has 0 heterocycles. The highest BCUT2D eigenvalue weighted by molar-refractivity contribution is 6.33. The lowest BCUT2D eigenvalue weighted by Crippen LogP contribution is -2.34. The topological polar surface area (TPSA) is 46.3 Å². The second-order valence-corrected chi connectivity index (χ2v) is 5.45. The average Bonchev–Trinajstić information content (AvgIpc) is 2.34. The van der Waals surface area contributed by atoms with Crippen molar-refractivity contribution >= 4 is 29.9 Å². The molecule has 0 saturated heterocycles. The zero-order chi connectivity index (χ0) is 14.6. The molecule has 1 aromatic rings. The van der Waals surface area contributed by atoms with Crippen LogP contribution >= 0.6 is 24.0 Å². The van der Waals surface area contributed by atoms with Gasteiger partial charge in [-0.2, -0.15) is 0 Å². The molecule has 1 aromatic carbocycles. The zero-order valence-electron chi connectivity index (χ0n) is 11.9. The molecule has 1 atom stereocenters. The number of rotatable bonds is 5. The Morgan fingerprint density at radius 1 is 1.45 bits per heavy atom. The average molecular weight is 323 g/mol. The fourth-order valence-corrected chi connectivity index (χ4v) is 1.89. The van der Waals surface area contributed by atoms with Crippen molar-refractivity contribution in [1.82, 2.24) is 4.90 Å². The van der Waals surface area contributed by atoms with E-state index in [1.54, 1.807) is 11.9 Å². The predicted molar refractivity (Wildman–Crippen MR) is 83.0 cm³/mol. The van der Waals surface area contributed by atoms with Gasteiger partial charge in [-0.25, -0.2) is 4.39 Å². The molecule has 0 bridgehead atoms. The molecule has 2 N–H and O–H groups in total. The van der Waals surface area contributed by atoms with Crippen LogP contribution in [0.4, 0.5) is 4.39 Å². The van der Waals surface area contributed by atoms with Crippen LogP contribution in [0.5, 0.6) is 0 Å². The highest BCUT2D eigenvalue weighted by Crippen LogP contribution is 2.19. The molecule has 0 saturated carbocycles. The number of amides is 1. The Morgan fingerprint density at radius 2 is 2.05 bits per heavy atom. The van der Waals surface area contributed by atoms with Gasteiger partial charge in [0.2, 0.25) is 0 Å². The van der Waals surface area contributed by atoms with Crippen LogP contribution in [0, 0.1) is 11.7 Å². The minimum absolute atomic E-state index is 0. The van der Waals surface area contributed by atoms with Crippen LogP contribution in [-0.4, -0.2) is 30.4 Å². The molecule has 1 amide bonds. The smallest absolute Gasteiger partial charge is 0.255 e.